The highest BCUT2D eigenvalue weighted by Crippen LogP contribution is 2.46. The summed E-state index contributed by atoms with van der Waals surface area (Å²) in [7, 11) is -3.22. The SMILES string of the molecule is CC1(C)CCC(C)(C)c2cc(C=CS(C)(=O)=O)c(C=O)cc21. The third-order valence-electron chi connectivity index (χ3n) is 4.68. The molecule has 0 heterocycles. The van der Waals surface area contributed by atoms with Gasteiger partial charge in [-0.2, -0.15) is 0 Å². The van der Waals surface area contributed by atoms with Gasteiger partial charge in [0.25, 0.3) is 0 Å². The largest absolute Gasteiger partial charge is 0.298 e. The van der Waals surface area contributed by atoms with Gasteiger partial charge in [-0.25, -0.2) is 8.42 Å². The summed E-state index contributed by atoms with van der Waals surface area (Å²) in [6.07, 6.45) is 5.62. The summed E-state index contributed by atoms with van der Waals surface area (Å²) in [5.74, 6) is 0. The summed E-state index contributed by atoms with van der Waals surface area (Å²) >= 11 is 0. The molecule has 0 saturated heterocycles. The van der Waals surface area contributed by atoms with Crippen LogP contribution < -0.4 is 0 Å². The first-order valence-corrected chi connectivity index (χ1v) is 9.44. The Morgan fingerprint density at radius 1 is 0.955 bits per heavy atom. The molecule has 1 aliphatic rings. The minimum Gasteiger partial charge on any atom is -0.298 e. The Labute approximate surface area is 133 Å². The molecule has 0 radical (unpaired) electrons. The first-order valence-electron chi connectivity index (χ1n) is 7.49. The second-order valence-electron chi connectivity index (χ2n) is 7.54. The summed E-state index contributed by atoms with van der Waals surface area (Å²) in [5.41, 5.74) is 3.68. The lowest BCUT2D eigenvalue weighted by Gasteiger charge is -2.42. The van der Waals surface area contributed by atoms with Crippen LogP contribution in [0.4, 0.5) is 0 Å². The molecule has 120 valence electrons. The van der Waals surface area contributed by atoms with Crippen molar-refractivity contribution in [3.8, 4) is 0 Å². The number of fused-ring (bicyclic) bond motifs is 1. The maximum Gasteiger partial charge on any atom is 0.168 e. The van der Waals surface area contributed by atoms with Crippen LogP contribution in [0.15, 0.2) is 17.5 Å². The lowest BCUT2D eigenvalue weighted by molar-refractivity contribution is 0.112. The Kier molecular flexibility index (Phi) is 4.11. The quantitative estimate of drug-likeness (QED) is 0.795. The molecule has 0 atom stereocenters. The predicted octanol–water partition coefficient (Wildman–Crippen LogP) is 3.86. The number of hydrogen-bond donors (Lipinski definition) is 0. The van der Waals surface area contributed by atoms with Crippen LogP contribution in [-0.2, 0) is 20.7 Å². The summed E-state index contributed by atoms with van der Waals surface area (Å²) in [6.45, 7) is 8.79. The second kappa shape index (κ2) is 5.34. The molecular formula is C18H24O3S. The molecular weight excluding hydrogens is 296 g/mol. The van der Waals surface area contributed by atoms with E-state index in [1.165, 1.54) is 17.2 Å². The molecule has 0 bridgehead atoms. The van der Waals surface area contributed by atoms with Gasteiger partial charge in [-0.1, -0.05) is 33.8 Å². The zero-order valence-corrected chi connectivity index (χ0v) is 14.8. The van der Waals surface area contributed by atoms with Crippen LogP contribution in [0.2, 0.25) is 0 Å². The number of carbonyl (C=O) groups excluding carboxylic acids is 1. The van der Waals surface area contributed by atoms with Gasteiger partial charge in [-0.3, -0.25) is 4.79 Å². The Morgan fingerprint density at radius 3 is 1.82 bits per heavy atom. The lowest BCUT2D eigenvalue weighted by atomic mass is 9.62. The zero-order chi connectivity index (χ0) is 16.8. The average Bonchev–Trinajstić information content (AvgIpc) is 2.40. The van der Waals surface area contributed by atoms with Crippen molar-refractivity contribution in [2.45, 2.75) is 51.4 Å². The van der Waals surface area contributed by atoms with E-state index >= 15 is 0 Å². The van der Waals surface area contributed by atoms with Gasteiger partial charge in [0, 0.05) is 17.2 Å². The van der Waals surface area contributed by atoms with Gasteiger partial charge in [0.15, 0.2) is 16.1 Å². The molecule has 22 heavy (non-hydrogen) atoms. The summed E-state index contributed by atoms with van der Waals surface area (Å²) in [5, 5.41) is 1.16. The maximum absolute atomic E-state index is 11.4. The molecule has 3 nitrogen and oxygen atoms in total. The van der Waals surface area contributed by atoms with Crippen LogP contribution in [0.1, 0.15) is 67.6 Å². The van der Waals surface area contributed by atoms with Crippen molar-refractivity contribution in [2.24, 2.45) is 0 Å². The molecule has 0 amide bonds. The van der Waals surface area contributed by atoms with Crippen molar-refractivity contribution in [2.75, 3.05) is 6.26 Å². The second-order valence-corrected chi connectivity index (χ2v) is 9.48. The minimum atomic E-state index is -3.22. The van der Waals surface area contributed by atoms with E-state index in [9.17, 15) is 13.2 Å². The average molecular weight is 320 g/mol. The van der Waals surface area contributed by atoms with E-state index in [1.54, 1.807) is 0 Å². The Hall–Kier alpha value is -1.42. The van der Waals surface area contributed by atoms with Crippen molar-refractivity contribution in [1.82, 2.24) is 0 Å². The molecule has 0 aromatic heterocycles. The molecule has 0 spiro atoms. The summed E-state index contributed by atoms with van der Waals surface area (Å²) in [4.78, 5) is 11.4. The molecule has 1 aromatic rings. The highest BCUT2D eigenvalue weighted by molar-refractivity contribution is 7.93. The molecule has 0 unspecified atom stereocenters. The Bertz CT molecular complexity index is 738. The number of carbonyl (C=O) groups is 1. The van der Waals surface area contributed by atoms with Crippen LogP contribution in [-0.4, -0.2) is 21.0 Å². The number of sulfone groups is 1. The monoisotopic (exact) mass is 320 g/mol. The lowest BCUT2D eigenvalue weighted by Crippen LogP contribution is -2.34. The van der Waals surface area contributed by atoms with Crippen LogP contribution in [0.25, 0.3) is 6.08 Å². The predicted molar refractivity (Wildman–Crippen MR) is 91.0 cm³/mol. The first-order chi connectivity index (χ1) is 9.96. The van der Waals surface area contributed by atoms with Crippen molar-refractivity contribution >= 4 is 22.2 Å². The van der Waals surface area contributed by atoms with Gasteiger partial charge in [0.05, 0.1) is 0 Å². The Morgan fingerprint density at radius 2 is 1.41 bits per heavy atom. The topological polar surface area (TPSA) is 51.2 Å². The highest BCUT2D eigenvalue weighted by Gasteiger charge is 2.37. The van der Waals surface area contributed by atoms with E-state index in [0.29, 0.717) is 11.1 Å². The fourth-order valence-corrected chi connectivity index (χ4v) is 3.48. The van der Waals surface area contributed by atoms with Gasteiger partial charge in [-0.05, 0) is 52.5 Å². The van der Waals surface area contributed by atoms with Crippen LogP contribution in [0, 0.1) is 0 Å². The molecule has 2 rings (SSSR count). The van der Waals surface area contributed by atoms with Gasteiger partial charge in [0.1, 0.15) is 0 Å². The van der Waals surface area contributed by atoms with Crippen molar-refractivity contribution < 1.29 is 13.2 Å². The molecule has 1 aromatic carbocycles. The van der Waals surface area contributed by atoms with Gasteiger partial charge < -0.3 is 0 Å². The summed E-state index contributed by atoms with van der Waals surface area (Å²) in [6, 6.07) is 3.92. The number of hydrogen-bond acceptors (Lipinski definition) is 3. The molecule has 0 saturated carbocycles. The highest BCUT2D eigenvalue weighted by atomic mass is 32.2. The Balaban J connectivity index is 2.69. The maximum atomic E-state index is 11.4. The zero-order valence-electron chi connectivity index (χ0n) is 13.9. The fraction of sp³-hybridized carbons (Fsp3) is 0.500. The summed E-state index contributed by atoms with van der Waals surface area (Å²) < 4.78 is 22.7. The molecule has 0 N–H and O–H groups in total. The van der Waals surface area contributed by atoms with Gasteiger partial charge in [0.2, 0.25) is 0 Å². The van der Waals surface area contributed by atoms with E-state index in [0.717, 1.165) is 30.8 Å². The smallest absolute Gasteiger partial charge is 0.168 e. The van der Waals surface area contributed by atoms with Crippen molar-refractivity contribution in [1.29, 1.82) is 0 Å². The van der Waals surface area contributed by atoms with Crippen LogP contribution in [0.3, 0.4) is 0 Å². The third-order valence-corrected chi connectivity index (χ3v) is 5.31. The molecule has 0 aliphatic heterocycles. The standard InChI is InChI=1S/C18H24O3S/c1-17(2)7-8-18(3,4)16-11-14(12-19)13(10-15(16)17)6-9-22(5,20)21/h6,9-12H,7-8H2,1-5H3. The number of rotatable bonds is 3. The molecule has 0 fully saturated rings. The van der Waals surface area contributed by atoms with E-state index < -0.39 is 9.84 Å². The molecule has 4 heteroatoms. The van der Waals surface area contributed by atoms with Crippen LogP contribution >= 0.6 is 0 Å². The van der Waals surface area contributed by atoms with Gasteiger partial charge in [-0.15, -0.1) is 0 Å². The van der Waals surface area contributed by atoms with Gasteiger partial charge >= 0.3 is 0 Å². The number of benzene rings is 1. The van der Waals surface area contributed by atoms with E-state index in [2.05, 4.69) is 27.7 Å². The fourth-order valence-electron chi connectivity index (χ4n) is 3.09. The minimum absolute atomic E-state index is 0.0277. The van der Waals surface area contributed by atoms with Crippen molar-refractivity contribution in [3.05, 3.63) is 39.8 Å². The van der Waals surface area contributed by atoms with Crippen molar-refractivity contribution in [3.63, 3.8) is 0 Å². The first kappa shape index (κ1) is 16.9. The number of aldehydes is 1. The van der Waals surface area contributed by atoms with E-state index in [1.807, 2.05) is 12.1 Å². The van der Waals surface area contributed by atoms with Crippen LogP contribution in [0.5, 0.6) is 0 Å². The molecule has 1 aliphatic carbocycles. The van der Waals surface area contributed by atoms with E-state index in [4.69, 9.17) is 0 Å². The normalized spacial score (nSPS) is 19.9. The van der Waals surface area contributed by atoms with E-state index in [-0.39, 0.29) is 10.8 Å². The third kappa shape index (κ3) is 3.32.